The molecule has 3 rings (SSSR count). The summed E-state index contributed by atoms with van der Waals surface area (Å²) in [7, 11) is 0. The molecular formula is C22H23ClFN3O2. The maximum atomic E-state index is 13.4. The predicted octanol–water partition coefficient (Wildman–Crippen LogP) is 4.89. The van der Waals surface area contributed by atoms with Crippen molar-refractivity contribution in [2.75, 3.05) is 18.0 Å². The van der Waals surface area contributed by atoms with Crippen molar-refractivity contribution >= 4 is 29.2 Å². The molecule has 152 valence electrons. The Morgan fingerprint density at radius 3 is 2.24 bits per heavy atom. The molecule has 0 aliphatic carbocycles. The van der Waals surface area contributed by atoms with E-state index in [1.807, 2.05) is 13.8 Å². The second-order valence-corrected chi connectivity index (χ2v) is 7.16. The maximum absolute atomic E-state index is 13.4. The van der Waals surface area contributed by atoms with E-state index in [4.69, 9.17) is 11.6 Å². The summed E-state index contributed by atoms with van der Waals surface area (Å²) in [5, 5.41) is 3.46. The smallest absolute Gasteiger partial charge is 0.326 e. The van der Waals surface area contributed by atoms with E-state index >= 15 is 0 Å². The quantitative estimate of drug-likeness (QED) is 0.755. The Kier molecular flexibility index (Phi) is 6.23. The van der Waals surface area contributed by atoms with Gasteiger partial charge in [0, 0.05) is 23.8 Å². The van der Waals surface area contributed by atoms with Crippen molar-refractivity contribution in [2.24, 2.45) is 0 Å². The minimum absolute atomic E-state index is 0.166. The van der Waals surface area contributed by atoms with Crippen LogP contribution in [-0.4, -0.2) is 29.9 Å². The van der Waals surface area contributed by atoms with Gasteiger partial charge in [0.1, 0.15) is 5.82 Å². The van der Waals surface area contributed by atoms with E-state index in [2.05, 4.69) is 5.32 Å². The van der Waals surface area contributed by atoms with Crippen LogP contribution < -0.4 is 10.2 Å². The average Bonchev–Trinajstić information content (AvgIpc) is 2.70. The number of hydrogen-bond acceptors (Lipinski definition) is 2. The average molecular weight is 416 g/mol. The number of carbonyl (C=O) groups is 2. The van der Waals surface area contributed by atoms with Gasteiger partial charge in [-0.05, 0) is 62.7 Å². The maximum Gasteiger partial charge on any atom is 0.326 e. The fraction of sp³-hybridized carbons (Fsp3) is 0.273. The monoisotopic (exact) mass is 415 g/mol. The lowest BCUT2D eigenvalue weighted by Gasteiger charge is -2.37. The number of urea groups is 1. The lowest BCUT2D eigenvalue weighted by Crippen LogP contribution is -2.50. The fourth-order valence-corrected chi connectivity index (χ4v) is 3.63. The highest BCUT2D eigenvalue weighted by Crippen LogP contribution is 2.34. The third-order valence-electron chi connectivity index (χ3n) is 5.05. The van der Waals surface area contributed by atoms with Crippen molar-refractivity contribution < 1.29 is 14.0 Å². The third-order valence-corrected chi connectivity index (χ3v) is 5.31. The van der Waals surface area contributed by atoms with Crippen LogP contribution in [0.2, 0.25) is 5.02 Å². The molecule has 29 heavy (non-hydrogen) atoms. The van der Waals surface area contributed by atoms with Gasteiger partial charge in [-0.25, -0.2) is 9.18 Å². The molecule has 1 aliphatic heterocycles. The van der Waals surface area contributed by atoms with Crippen LogP contribution in [0.1, 0.15) is 32.4 Å². The second-order valence-electron chi connectivity index (χ2n) is 6.72. The van der Waals surface area contributed by atoms with Gasteiger partial charge in [-0.15, -0.1) is 0 Å². The van der Waals surface area contributed by atoms with Gasteiger partial charge >= 0.3 is 6.03 Å². The van der Waals surface area contributed by atoms with Crippen LogP contribution >= 0.6 is 11.6 Å². The zero-order valence-electron chi connectivity index (χ0n) is 16.6. The van der Waals surface area contributed by atoms with Crippen LogP contribution in [0.25, 0.3) is 0 Å². The van der Waals surface area contributed by atoms with E-state index in [-0.39, 0.29) is 17.8 Å². The van der Waals surface area contributed by atoms with E-state index in [0.717, 1.165) is 0 Å². The summed E-state index contributed by atoms with van der Waals surface area (Å²) in [6.07, 6.45) is 0. The van der Waals surface area contributed by atoms with Gasteiger partial charge in [-0.2, -0.15) is 0 Å². The highest BCUT2D eigenvalue weighted by molar-refractivity contribution is 6.30. The van der Waals surface area contributed by atoms with E-state index in [1.54, 1.807) is 48.2 Å². The number of nitrogens with one attached hydrogen (secondary N) is 1. The van der Waals surface area contributed by atoms with E-state index in [9.17, 15) is 14.0 Å². The molecule has 0 bridgehead atoms. The Labute approximate surface area is 174 Å². The van der Waals surface area contributed by atoms with Crippen LogP contribution in [0, 0.1) is 5.82 Å². The Bertz CT molecular complexity index is 938. The second kappa shape index (κ2) is 8.66. The van der Waals surface area contributed by atoms with Crippen molar-refractivity contribution in [2.45, 2.75) is 26.8 Å². The summed E-state index contributed by atoms with van der Waals surface area (Å²) in [4.78, 5) is 29.5. The van der Waals surface area contributed by atoms with E-state index < -0.39 is 6.04 Å². The Balaban J connectivity index is 2.15. The molecule has 1 heterocycles. The van der Waals surface area contributed by atoms with Crippen molar-refractivity contribution in [1.82, 2.24) is 10.2 Å². The molecular weight excluding hydrogens is 393 g/mol. The molecule has 0 spiro atoms. The minimum atomic E-state index is -0.667. The molecule has 0 fully saturated rings. The summed E-state index contributed by atoms with van der Waals surface area (Å²) in [5.74, 6) is -0.545. The highest BCUT2D eigenvalue weighted by Gasteiger charge is 2.37. The van der Waals surface area contributed by atoms with Crippen LogP contribution in [0.5, 0.6) is 0 Å². The molecule has 7 heteroatoms. The van der Waals surface area contributed by atoms with Crippen molar-refractivity contribution in [3.05, 3.63) is 76.2 Å². The van der Waals surface area contributed by atoms with E-state index in [1.165, 1.54) is 17.0 Å². The number of benzene rings is 2. The lowest BCUT2D eigenvalue weighted by molar-refractivity contribution is -0.127. The molecule has 1 N–H and O–H groups in total. The number of allylic oxidation sites excluding steroid dienone is 1. The molecule has 1 atom stereocenters. The van der Waals surface area contributed by atoms with Crippen LogP contribution in [0.15, 0.2) is 59.8 Å². The number of carbonyl (C=O) groups excluding carboxylic acids is 2. The SMILES string of the molecule is CCN(CC)C(=O)C1=C(C)N(c2ccc(Cl)cc2)C(=O)N[C@H]1c1ccc(F)cc1. The zero-order chi connectivity index (χ0) is 21.1. The Hall–Kier alpha value is -2.86. The predicted molar refractivity (Wildman–Crippen MR) is 112 cm³/mol. The number of amides is 3. The topological polar surface area (TPSA) is 52.7 Å². The summed E-state index contributed by atoms with van der Waals surface area (Å²) >= 11 is 5.98. The standard InChI is InChI=1S/C22H23ClFN3O2/c1-4-26(5-2)21(28)19-14(3)27(18-12-8-16(23)9-13-18)22(29)25-20(19)15-6-10-17(24)11-7-15/h6-13,20H,4-5H2,1-3H3,(H,25,29)/t20-/m0/s1. The number of hydrogen-bond donors (Lipinski definition) is 1. The number of likely N-dealkylation sites (N-methyl/N-ethyl adjacent to an activating group) is 1. The molecule has 2 aromatic carbocycles. The van der Waals surface area contributed by atoms with Crippen molar-refractivity contribution in [3.8, 4) is 0 Å². The molecule has 5 nitrogen and oxygen atoms in total. The van der Waals surface area contributed by atoms with Gasteiger partial charge in [0.05, 0.1) is 17.3 Å². The minimum Gasteiger partial charge on any atom is -0.339 e. The van der Waals surface area contributed by atoms with E-state index in [0.29, 0.717) is 40.6 Å². The molecule has 1 aliphatic rings. The first-order valence-corrected chi connectivity index (χ1v) is 9.86. The van der Waals surface area contributed by atoms with Crippen molar-refractivity contribution in [3.63, 3.8) is 0 Å². The van der Waals surface area contributed by atoms with Gasteiger partial charge in [-0.1, -0.05) is 23.7 Å². The van der Waals surface area contributed by atoms with Gasteiger partial charge in [0.15, 0.2) is 0 Å². The van der Waals surface area contributed by atoms with Gasteiger partial charge in [0.2, 0.25) is 0 Å². The third kappa shape index (κ3) is 4.12. The number of nitrogens with zero attached hydrogens (tertiary/aromatic N) is 2. The number of halogens is 2. The number of anilines is 1. The van der Waals surface area contributed by atoms with Crippen LogP contribution in [0.3, 0.4) is 0 Å². The molecule has 0 radical (unpaired) electrons. The first kappa shape index (κ1) is 20.9. The van der Waals surface area contributed by atoms with Crippen LogP contribution in [-0.2, 0) is 4.79 Å². The molecule has 0 unspecified atom stereocenters. The fourth-order valence-electron chi connectivity index (χ4n) is 3.51. The zero-order valence-corrected chi connectivity index (χ0v) is 17.3. The van der Waals surface area contributed by atoms with Gasteiger partial charge in [0.25, 0.3) is 5.91 Å². The molecule has 0 saturated heterocycles. The highest BCUT2D eigenvalue weighted by atomic mass is 35.5. The van der Waals surface area contributed by atoms with Gasteiger partial charge in [-0.3, -0.25) is 9.69 Å². The first-order valence-electron chi connectivity index (χ1n) is 9.49. The molecule has 0 saturated carbocycles. The Morgan fingerprint density at radius 1 is 1.10 bits per heavy atom. The normalized spacial score (nSPS) is 16.7. The molecule has 0 aromatic heterocycles. The molecule has 3 amide bonds. The van der Waals surface area contributed by atoms with Crippen LogP contribution in [0.4, 0.5) is 14.9 Å². The summed E-state index contributed by atoms with van der Waals surface area (Å²) in [6.45, 7) is 6.64. The largest absolute Gasteiger partial charge is 0.339 e. The van der Waals surface area contributed by atoms with Gasteiger partial charge < -0.3 is 10.2 Å². The molecule has 2 aromatic rings. The Morgan fingerprint density at radius 2 is 1.69 bits per heavy atom. The lowest BCUT2D eigenvalue weighted by atomic mass is 9.93. The first-order chi connectivity index (χ1) is 13.9. The van der Waals surface area contributed by atoms with Crippen molar-refractivity contribution in [1.29, 1.82) is 0 Å². The summed E-state index contributed by atoms with van der Waals surface area (Å²) in [5.41, 5.74) is 2.23. The summed E-state index contributed by atoms with van der Waals surface area (Å²) < 4.78 is 13.4. The number of rotatable bonds is 5. The summed E-state index contributed by atoms with van der Waals surface area (Å²) in [6, 6.07) is 11.6.